The molecule has 1 aromatic carbocycles. The van der Waals surface area contributed by atoms with Gasteiger partial charge in [0.25, 0.3) is 0 Å². The second kappa shape index (κ2) is 6.84. The van der Waals surface area contributed by atoms with Crippen molar-refractivity contribution < 1.29 is 13.6 Å². The van der Waals surface area contributed by atoms with Gasteiger partial charge in [0.1, 0.15) is 5.69 Å². The summed E-state index contributed by atoms with van der Waals surface area (Å²) in [5.74, 6) is -1.49. The summed E-state index contributed by atoms with van der Waals surface area (Å²) in [5.41, 5.74) is 0.712. The monoisotopic (exact) mass is 306 g/mol. The van der Waals surface area contributed by atoms with Gasteiger partial charge in [0.05, 0.1) is 0 Å². The third kappa shape index (κ3) is 3.91. The second-order valence-electron chi connectivity index (χ2n) is 4.85. The van der Waals surface area contributed by atoms with Crippen LogP contribution < -0.4 is 15.5 Å². The molecule has 0 saturated carbocycles. The maximum atomic E-state index is 13.8. The number of benzene rings is 1. The third-order valence-corrected chi connectivity index (χ3v) is 2.90. The Morgan fingerprint density at radius 3 is 2.50 bits per heavy atom. The van der Waals surface area contributed by atoms with Crippen molar-refractivity contribution in [3.8, 4) is 0 Å². The molecule has 7 heteroatoms. The van der Waals surface area contributed by atoms with E-state index in [2.05, 4.69) is 15.6 Å². The second-order valence-corrected chi connectivity index (χ2v) is 4.85. The van der Waals surface area contributed by atoms with Crippen molar-refractivity contribution in [3.05, 3.63) is 53.9 Å². The van der Waals surface area contributed by atoms with Crippen molar-refractivity contribution in [2.24, 2.45) is 0 Å². The third-order valence-electron chi connectivity index (χ3n) is 2.90. The molecule has 0 radical (unpaired) electrons. The van der Waals surface area contributed by atoms with Gasteiger partial charge in [-0.1, -0.05) is 6.07 Å². The lowest BCUT2D eigenvalue weighted by Crippen LogP contribution is -2.28. The number of urea groups is 1. The number of halogens is 2. The summed E-state index contributed by atoms with van der Waals surface area (Å²) in [7, 11) is 3.07. The number of nitrogens with zero attached hydrogens (tertiary/aromatic N) is 2. The van der Waals surface area contributed by atoms with Crippen LogP contribution >= 0.6 is 0 Å². The molecule has 0 unspecified atom stereocenters. The molecule has 0 aliphatic rings. The summed E-state index contributed by atoms with van der Waals surface area (Å²) >= 11 is 0. The van der Waals surface area contributed by atoms with Crippen LogP contribution in [0.1, 0.15) is 5.56 Å². The van der Waals surface area contributed by atoms with E-state index in [0.717, 1.165) is 17.7 Å². The van der Waals surface area contributed by atoms with Crippen molar-refractivity contribution in [2.75, 3.05) is 24.3 Å². The zero-order chi connectivity index (χ0) is 16.1. The minimum atomic E-state index is -0.743. The fourth-order valence-corrected chi connectivity index (χ4v) is 1.93. The number of hydrogen-bond acceptors (Lipinski definition) is 3. The van der Waals surface area contributed by atoms with Gasteiger partial charge in [-0.25, -0.2) is 13.6 Å². The minimum Gasteiger partial charge on any atom is -0.373 e. The zero-order valence-electron chi connectivity index (χ0n) is 12.2. The van der Waals surface area contributed by atoms with Crippen LogP contribution in [-0.4, -0.2) is 25.1 Å². The van der Waals surface area contributed by atoms with Gasteiger partial charge in [0.2, 0.25) is 0 Å². The molecular weight excluding hydrogens is 290 g/mol. The van der Waals surface area contributed by atoms with E-state index in [1.165, 1.54) is 19.0 Å². The highest BCUT2D eigenvalue weighted by Gasteiger charge is 2.14. The van der Waals surface area contributed by atoms with Crippen LogP contribution in [0.2, 0.25) is 0 Å². The molecule has 22 heavy (non-hydrogen) atoms. The standard InChI is InChI=1S/C15H16F2N4O/c1-21(2)14-12(16)6-11(7-13(14)17)20-15(22)19-9-10-4-3-5-18-8-10/h3-8H,9H2,1-2H3,(H2,19,20,22). The molecule has 0 aliphatic heterocycles. The van der Waals surface area contributed by atoms with E-state index < -0.39 is 17.7 Å². The maximum absolute atomic E-state index is 13.8. The summed E-state index contributed by atoms with van der Waals surface area (Å²) in [6.07, 6.45) is 3.24. The number of nitrogens with one attached hydrogen (secondary N) is 2. The average Bonchev–Trinajstić information content (AvgIpc) is 2.45. The van der Waals surface area contributed by atoms with Gasteiger partial charge in [-0.05, 0) is 23.8 Å². The van der Waals surface area contributed by atoms with Crippen LogP contribution in [0.3, 0.4) is 0 Å². The van der Waals surface area contributed by atoms with Crippen LogP contribution in [0.5, 0.6) is 0 Å². The number of hydrogen-bond donors (Lipinski definition) is 2. The van der Waals surface area contributed by atoms with Crippen LogP contribution in [0, 0.1) is 11.6 Å². The first kappa shape index (κ1) is 15.7. The number of pyridine rings is 1. The SMILES string of the molecule is CN(C)c1c(F)cc(NC(=O)NCc2cccnc2)cc1F. The molecule has 0 atom stereocenters. The van der Waals surface area contributed by atoms with E-state index >= 15 is 0 Å². The Balaban J connectivity index is 2.00. The molecule has 5 nitrogen and oxygen atoms in total. The van der Waals surface area contributed by atoms with E-state index in [1.54, 1.807) is 24.5 Å². The molecule has 0 aliphatic carbocycles. The lowest BCUT2D eigenvalue weighted by atomic mass is 10.2. The van der Waals surface area contributed by atoms with Crippen molar-refractivity contribution in [2.45, 2.75) is 6.54 Å². The van der Waals surface area contributed by atoms with E-state index in [4.69, 9.17) is 0 Å². The average molecular weight is 306 g/mol. The normalized spacial score (nSPS) is 10.2. The van der Waals surface area contributed by atoms with Crippen molar-refractivity contribution in [1.82, 2.24) is 10.3 Å². The minimum absolute atomic E-state index is 0.0456. The van der Waals surface area contributed by atoms with E-state index in [0.29, 0.717) is 0 Å². The molecule has 2 amide bonds. The van der Waals surface area contributed by atoms with Crippen molar-refractivity contribution >= 4 is 17.4 Å². The summed E-state index contributed by atoms with van der Waals surface area (Å²) < 4.78 is 27.6. The summed E-state index contributed by atoms with van der Waals surface area (Å²) in [4.78, 5) is 17.0. The Bertz CT molecular complexity index is 639. The van der Waals surface area contributed by atoms with Gasteiger partial charge in [-0.15, -0.1) is 0 Å². The number of carbonyl (C=O) groups is 1. The van der Waals surface area contributed by atoms with Crippen molar-refractivity contribution in [3.63, 3.8) is 0 Å². The largest absolute Gasteiger partial charge is 0.373 e. The Morgan fingerprint density at radius 1 is 1.27 bits per heavy atom. The van der Waals surface area contributed by atoms with Crippen LogP contribution in [0.25, 0.3) is 0 Å². The van der Waals surface area contributed by atoms with Gasteiger partial charge < -0.3 is 15.5 Å². The van der Waals surface area contributed by atoms with Gasteiger partial charge >= 0.3 is 6.03 Å². The fourth-order valence-electron chi connectivity index (χ4n) is 1.93. The molecule has 0 saturated heterocycles. The molecule has 2 N–H and O–H groups in total. The number of rotatable bonds is 4. The van der Waals surface area contributed by atoms with Gasteiger partial charge in [-0.2, -0.15) is 0 Å². The topological polar surface area (TPSA) is 57.3 Å². The molecule has 2 rings (SSSR count). The molecule has 0 bridgehead atoms. The van der Waals surface area contributed by atoms with E-state index in [1.807, 2.05) is 0 Å². The molecule has 2 aromatic rings. The quantitative estimate of drug-likeness (QED) is 0.913. The first-order chi connectivity index (χ1) is 10.5. The Hall–Kier alpha value is -2.70. The highest BCUT2D eigenvalue weighted by molar-refractivity contribution is 5.89. The van der Waals surface area contributed by atoms with E-state index in [-0.39, 0.29) is 17.9 Å². The fraction of sp³-hybridized carbons (Fsp3) is 0.200. The summed E-state index contributed by atoms with van der Waals surface area (Å²) in [5, 5.41) is 4.97. The van der Waals surface area contributed by atoms with Crippen LogP contribution in [0.15, 0.2) is 36.7 Å². The Morgan fingerprint density at radius 2 is 1.95 bits per heavy atom. The number of carbonyl (C=O) groups excluding carboxylic acids is 1. The number of anilines is 2. The highest BCUT2D eigenvalue weighted by Crippen LogP contribution is 2.25. The summed E-state index contributed by atoms with van der Waals surface area (Å²) in [6.45, 7) is 0.264. The predicted octanol–water partition coefficient (Wildman–Crippen LogP) is 2.75. The number of aromatic nitrogens is 1. The van der Waals surface area contributed by atoms with Crippen LogP contribution in [0.4, 0.5) is 25.0 Å². The van der Waals surface area contributed by atoms with E-state index in [9.17, 15) is 13.6 Å². The Labute approximate surface area is 127 Å². The molecule has 0 spiro atoms. The predicted molar refractivity (Wildman–Crippen MR) is 80.8 cm³/mol. The lowest BCUT2D eigenvalue weighted by Gasteiger charge is -2.16. The first-order valence-corrected chi connectivity index (χ1v) is 6.57. The van der Waals surface area contributed by atoms with Crippen LogP contribution in [-0.2, 0) is 6.54 Å². The van der Waals surface area contributed by atoms with Gasteiger partial charge in [-0.3, -0.25) is 4.98 Å². The molecule has 0 fully saturated rings. The van der Waals surface area contributed by atoms with Gasteiger partial charge in [0, 0.05) is 38.7 Å². The maximum Gasteiger partial charge on any atom is 0.319 e. The first-order valence-electron chi connectivity index (χ1n) is 6.57. The molecule has 116 valence electrons. The molecule has 1 heterocycles. The molecule has 1 aromatic heterocycles. The van der Waals surface area contributed by atoms with Crippen molar-refractivity contribution in [1.29, 1.82) is 0 Å². The highest BCUT2D eigenvalue weighted by atomic mass is 19.1. The zero-order valence-corrected chi connectivity index (χ0v) is 12.2. The summed E-state index contributed by atoms with van der Waals surface area (Å²) in [6, 6.07) is 5.14. The number of amides is 2. The van der Waals surface area contributed by atoms with Gasteiger partial charge in [0.15, 0.2) is 11.6 Å². The lowest BCUT2D eigenvalue weighted by molar-refractivity contribution is 0.251. The smallest absolute Gasteiger partial charge is 0.319 e. The molecular formula is C15H16F2N4O. The Kier molecular flexibility index (Phi) is 4.88.